The molecule has 2 rings (SSSR count). The van der Waals surface area contributed by atoms with Gasteiger partial charge in [0.1, 0.15) is 5.76 Å². The van der Waals surface area contributed by atoms with Crippen molar-refractivity contribution in [3.8, 4) is 0 Å². The molecule has 0 aliphatic rings. The first-order valence-corrected chi connectivity index (χ1v) is 6.81. The van der Waals surface area contributed by atoms with E-state index in [9.17, 15) is 0 Å². The molecule has 0 saturated heterocycles. The minimum Gasteiger partial charge on any atom is -0.361 e. The van der Waals surface area contributed by atoms with Crippen molar-refractivity contribution in [2.24, 2.45) is 0 Å². The van der Waals surface area contributed by atoms with E-state index in [-0.39, 0.29) is 0 Å². The number of aryl methyl sites for hydroxylation is 2. The van der Waals surface area contributed by atoms with Gasteiger partial charge in [-0.05, 0) is 31.5 Å². The monoisotopic (exact) mass is 287 g/mol. The van der Waals surface area contributed by atoms with Crippen LogP contribution >= 0.6 is 35.0 Å². The number of benzene rings is 1. The van der Waals surface area contributed by atoms with Gasteiger partial charge in [-0.3, -0.25) is 0 Å². The van der Waals surface area contributed by atoms with E-state index in [1.54, 1.807) is 17.8 Å². The van der Waals surface area contributed by atoms with E-state index >= 15 is 0 Å². The van der Waals surface area contributed by atoms with Gasteiger partial charge in [0.2, 0.25) is 0 Å². The largest absolute Gasteiger partial charge is 0.361 e. The maximum absolute atomic E-state index is 6.12. The number of halogens is 2. The average Bonchev–Trinajstić information content (AvgIpc) is 2.68. The minimum absolute atomic E-state index is 0.672. The van der Waals surface area contributed by atoms with Gasteiger partial charge in [-0.25, -0.2) is 0 Å². The lowest BCUT2D eigenvalue weighted by Gasteiger charge is -2.05. The molecular formula is C12H11Cl2NOS. The summed E-state index contributed by atoms with van der Waals surface area (Å²) in [5, 5.41) is 5.30. The molecule has 2 aromatic rings. The summed E-state index contributed by atoms with van der Waals surface area (Å²) in [6, 6.07) is 5.68. The molecule has 0 radical (unpaired) electrons. The summed E-state index contributed by atoms with van der Waals surface area (Å²) in [7, 11) is 0. The molecule has 0 saturated carbocycles. The summed E-state index contributed by atoms with van der Waals surface area (Å²) >= 11 is 13.7. The van der Waals surface area contributed by atoms with E-state index in [1.165, 1.54) is 0 Å². The summed E-state index contributed by atoms with van der Waals surface area (Å²) < 4.78 is 5.01. The van der Waals surface area contributed by atoms with E-state index in [4.69, 9.17) is 27.7 Å². The molecule has 0 amide bonds. The van der Waals surface area contributed by atoms with Crippen molar-refractivity contribution < 1.29 is 4.52 Å². The van der Waals surface area contributed by atoms with E-state index in [0.717, 1.165) is 27.7 Å². The molecule has 5 heteroatoms. The number of hydrogen-bond acceptors (Lipinski definition) is 3. The third-order valence-corrected chi connectivity index (χ3v) is 4.19. The zero-order valence-corrected chi connectivity index (χ0v) is 11.8. The second-order valence-electron chi connectivity index (χ2n) is 3.75. The van der Waals surface area contributed by atoms with Crippen molar-refractivity contribution in [2.75, 3.05) is 0 Å². The van der Waals surface area contributed by atoms with Crippen LogP contribution in [0.5, 0.6) is 0 Å². The van der Waals surface area contributed by atoms with Gasteiger partial charge in [0, 0.05) is 21.7 Å². The molecule has 0 N–H and O–H groups in total. The maximum atomic E-state index is 6.12. The Morgan fingerprint density at radius 3 is 2.59 bits per heavy atom. The molecule has 0 aliphatic carbocycles. The number of rotatable bonds is 3. The van der Waals surface area contributed by atoms with Crippen LogP contribution in [0.3, 0.4) is 0 Å². The predicted molar refractivity (Wildman–Crippen MR) is 72.0 cm³/mol. The van der Waals surface area contributed by atoms with Gasteiger partial charge >= 0.3 is 0 Å². The van der Waals surface area contributed by atoms with E-state index in [2.05, 4.69) is 5.16 Å². The first kappa shape index (κ1) is 12.8. The average molecular weight is 288 g/mol. The lowest BCUT2D eigenvalue weighted by Crippen LogP contribution is -1.83. The summed E-state index contributed by atoms with van der Waals surface area (Å²) in [6.45, 7) is 3.84. The van der Waals surface area contributed by atoms with Gasteiger partial charge in [-0.1, -0.05) is 28.4 Å². The molecule has 17 heavy (non-hydrogen) atoms. The number of hydrogen-bond donors (Lipinski definition) is 0. The topological polar surface area (TPSA) is 26.0 Å². The fourth-order valence-corrected chi connectivity index (χ4v) is 2.82. The molecular weight excluding hydrogens is 277 g/mol. The summed E-state index contributed by atoms with van der Waals surface area (Å²) in [6.07, 6.45) is 0. The van der Waals surface area contributed by atoms with Crippen molar-refractivity contribution >= 4 is 35.0 Å². The Kier molecular flexibility index (Phi) is 4.02. The van der Waals surface area contributed by atoms with Crippen LogP contribution in [-0.2, 0) is 5.75 Å². The fraction of sp³-hybridized carbons (Fsp3) is 0.250. The molecule has 1 heterocycles. The van der Waals surface area contributed by atoms with Crippen LogP contribution in [0.25, 0.3) is 0 Å². The van der Waals surface area contributed by atoms with E-state index in [0.29, 0.717) is 10.0 Å². The third-order valence-electron chi connectivity index (χ3n) is 2.27. The Hall–Kier alpha value is -0.640. The normalized spacial score (nSPS) is 10.8. The zero-order chi connectivity index (χ0) is 12.4. The van der Waals surface area contributed by atoms with E-state index < -0.39 is 0 Å². The summed E-state index contributed by atoms with van der Waals surface area (Å²) in [5.41, 5.74) is 1.94. The van der Waals surface area contributed by atoms with Gasteiger partial charge in [0.25, 0.3) is 0 Å². The summed E-state index contributed by atoms with van der Waals surface area (Å²) in [4.78, 5) is 1.01. The highest BCUT2D eigenvalue weighted by atomic mass is 35.5. The molecule has 0 fully saturated rings. The van der Waals surface area contributed by atoms with Gasteiger partial charge in [0.05, 0.1) is 10.7 Å². The van der Waals surface area contributed by atoms with Gasteiger partial charge in [0.15, 0.2) is 0 Å². The Morgan fingerprint density at radius 1 is 1.18 bits per heavy atom. The van der Waals surface area contributed by atoms with E-state index in [1.807, 2.05) is 26.0 Å². The predicted octanol–water partition coefficient (Wildman–Crippen LogP) is 4.89. The lowest BCUT2D eigenvalue weighted by molar-refractivity contribution is 0.393. The smallest absolute Gasteiger partial charge is 0.133 e. The van der Waals surface area contributed by atoms with Crippen molar-refractivity contribution in [2.45, 2.75) is 24.5 Å². The zero-order valence-electron chi connectivity index (χ0n) is 9.46. The molecule has 90 valence electrons. The van der Waals surface area contributed by atoms with Gasteiger partial charge in [-0.15, -0.1) is 11.8 Å². The van der Waals surface area contributed by atoms with Crippen LogP contribution in [-0.4, -0.2) is 5.16 Å². The Morgan fingerprint density at radius 2 is 1.94 bits per heavy atom. The molecule has 0 unspecified atom stereocenters. The molecule has 0 aliphatic heterocycles. The standard InChI is InChI=1S/C12H11Cl2NOS/c1-7-3-12(11(14)5-10(7)13)17-6-9-4-8(2)16-15-9/h3-5H,6H2,1-2H3. The van der Waals surface area contributed by atoms with Crippen molar-refractivity contribution in [3.05, 3.63) is 45.3 Å². The highest BCUT2D eigenvalue weighted by molar-refractivity contribution is 7.98. The molecule has 0 spiro atoms. The molecule has 1 aromatic carbocycles. The first-order chi connectivity index (χ1) is 8.06. The highest BCUT2D eigenvalue weighted by Gasteiger charge is 2.07. The minimum atomic E-state index is 0.672. The first-order valence-electron chi connectivity index (χ1n) is 5.07. The Labute approximate surface area is 114 Å². The lowest BCUT2D eigenvalue weighted by atomic mass is 10.2. The Bertz CT molecular complexity index is 539. The SMILES string of the molecule is Cc1cc(CSc2cc(C)c(Cl)cc2Cl)no1. The van der Waals surface area contributed by atoms with Crippen LogP contribution in [0.1, 0.15) is 17.0 Å². The second-order valence-corrected chi connectivity index (χ2v) is 5.58. The number of nitrogens with zero attached hydrogens (tertiary/aromatic N) is 1. The van der Waals surface area contributed by atoms with Crippen LogP contribution in [0.4, 0.5) is 0 Å². The third kappa shape index (κ3) is 3.18. The Balaban J connectivity index is 2.11. The van der Waals surface area contributed by atoms with Crippen molar-refractivity contribution in [1.29, 1.82) is 0 Å². The van der Waals surface area contributed by atoms with Crippen LogP contribution in [0.2, 0.25) is 10.0 Å². The molecule has 2 nitrogen and oxygen atoms in total. The summed E-state index contributed by atoms with van der Waals surface area (Å²) in [5.74, 6) is 1.55. The van der Waals surface area contributed by atoms with Crippen LogP contribution < -0.4 is 0 Å². The van der Waals surface area contributed by atoms with Crippen molar-refractivity contribution in [1.82, 2.24) is 5.16 Å². The fourth-order valence-electron chi connectivity index (χ4n) is 1.38. The number of thioether (sulfide) groups is 1. The second kappa shape index (κ2) is 5.34. The van der Waals surface area contributed by atoms with Gasteiger partial charge < -0.3 is 4.52 Å². The van der Waals surface area contributed by atoms with Crippen LogP contribution in [0.15, 0.2) is 27.6 Å². The highest BCUT2D eigenvalue weighted by Crippen LogP contribution is 2.33. The molecule has 0 atom stereocenters. The number of aromatic nitrogens is 1. The van der Waals surface area contributed by atoms with Crippen molar-refractivity contribution in [3.63, 3.8) is 0 Å². The molecule has 1 aromatic heterocycles. The van der Waals surface area contributed by atoms with Crippen LogP contribution in [0, 0.1) is 13.8 Å². The quantitative estimate of drug-likeness (QED) is 0.752. The molecule has 0 bridgehead atoms. The van der Waals surface area contributed by atoms with Gasteiger partial charge in [-0.2, -0.15) is 0 Å². The maximum Gasteiger partial charge on any atom is 0.133 e.